The molecule has 2 aromatic carbocycles. The van der Waals surface area contributed by atoms with Gasteiger partial charge in [0.25, 0.3) is 0 Å². The summed E-state index contributed by atoms with van der Waals surface area (Å²) in [6.45, 7) is 2.03. The number of aryl methyl sites for hydroxylation is 1. The molecule has 0 spiro atoms. The van der Waals surface area contributed by atoms with Gasteiger partial charge in [0.05, 0.1) is 10.4 Å². The molecule has 1 heterocycles. The summed E-state index contributed by atoms with van der Waals surface area (Å²) in [5.41, 5.74) is 2.70. The van der Waals surface area contributed by atoms with Crippen LogP contribution in [-0.4, -0.2) is 24.6 Å². The van der Waals surface area contributed by atoms with Gasteiger partial charge in [-0.2, -0.15) is 0 Å². The number of hydrogen-bond acceptors (Lipinski definition) is 5. The summed E-state index contributed by atoms with van der Waals surface area (Å²) in [6, 6.07) is 10.7. The lowest BCUT2D eigenvalue weighted by molar-refractivity contribution is 0.602. The third-order valence-electron chi connectivity index (χ3n) is 3.46. The van der Waals surface area contributed by atoms with Crippen LogP contribution in [0.2, 0.25) is 0 Å². The van der Waals surface area contributed by atoms with Crippen LogP contribution in [0.3, 0.4) is 0 Å². The van der Waals surface area contributed by atoms with Crippen LogP contribution in [0.15, 0.2) is 47.6 Å². The van der Waals surface area contributed by atoms with E-state index < -0.39 is 9.84 Å². The summed E-state index contributed by atoms with van der Waals surface area (Å²) < 4.78 is 24.4. The minimum absolute atomic E-state index is 0.270. The molecule has 0 fully saturated rings. The first-order valence-electron chi connectivity index (χ1n) is 6.83. The van der Waals surface area contributed by atoms with E-state index in [-0.39, 0.29) is 4.90 Å². The topological polar surface area (TPSA) is 72.0 Å². The number of rotatable bonds is 3. The van der Waals surface area contributed by atoms with Crippen LogP contribution in [-0.2, 0) is 9.84 Å². The van der Waals surface area contributed by atoms with Gasteiger partial charge < -0.3 is 5.32 Å². The maximum atomic E-state index is 11.7. The molecule has 0 radical (unpaired) electrons. The van der Waals surface area contributed by atoms with Gasteiger partial charge in [-0.05, 0) is 59.3 Å². The number of hydrogen-bond donors (Lipinski definition) is 1. The molecule has 0 aliphatic carbocycles. The van der Waals surface area contributed by atoms with Crippen molar-refractivity contribution < 1.29 is 8.42 Å². The lowest BCUT2D eigenvalue weighted by Gasteiger charge is -2.11. The van der Waals surface area contributed by atoms with Gasteiger partial charge >= 0.3 is 0 Å². The predicted octanol–water partition coefficient (Wildman–Crippen LogP) is 3.69. The summed E-state index contributed by atoms with van der Waals surface area (Å²) in [5, 5.41) is 4.08. The molecule has 0 atom stereocenters. The van der Waals surface area contributed by atoms with Gasteiger partial charge in [0.2, 0.25) is 0 Å². The Morgan fingerprint density at radius 3 is 2.65 bits per heavy atom. The Hall–Kier alpha value is -1.74. The average molecular weight is 439 g/mol. The van der Waals surface area contributed by atoms with Crippen molar-refractivity contribution in [3.05, 3.63) is 51.9 Å². The minimum atomic E-state index is -3.25. The number of sulfone groups is 1. The fourth-order valence-corrected chi connectivity index (χ4v) is 3.51. The zero-order chi connectivity index (χ0) is 16.6. The zero-order valence-corrected chi connectivity index (χ0v) is 15.5. The van der Waals surface area contributed by atoms with E-state index in [2.05, 4.69) is 37.9 Å². The number of aromatic nitrogens is 2. The van der Waals surface area contributed by atoms with Crippen LogP contribution in [0.4, 0.5) is 11.5 Å². The van der Waals surface area contributed by atoms with Crippen molar-refractivity contribution in [2.24, 2.45) is 0 Å². The van der Waals surface area contributed by atoms with Gasteiger partial charge in [0.1, 0.15) is 12.1 Å². The van der Waals surface area contributed by atoms with Crippen LogP contribution in [0.25, 0.3) is 10.9 Å². The molecule has 0 saturated carbocycles. The molecule has 1 N–H and O–H groups in total. The second-order valence-corrected chi connectivity index (χ2v) is 8.33. The SMILES string of the molecule is Cc1ccc2c(Nc3cccc(S(C)(=O)=O)c3)ncnc2c1I. The zero-order valence-electron chi connectivity index (χ0n) is 12.5. The fourth-order valence-electron chi connectivity index (χ4n) is 2.24. The second-order valence-electron chi connectivity index (χ2n) is 5.24. The third-order valence-corrected chi connectivity index (χ3v) is 5.93. The van der Waals surface area contributed by atoms with Crippen molar-refractivity contribution in [2.75, 3.05) is 11.6 Å². The number of nitrogens with one attached hydrogen (secondary N) is 1. The molecule has 23 heavy (non-hydrogen) atoms. The van der Waals surface area contributed by atoms with E-state index >= 15 is 0 Å². The highest BCUT2D eigenvalue weighted by atomic mass is 127. The average Bonchev–Trinajstić information content (AvgIpc) is 2.51. The number of nitrogens with zero attached hydrogens (tertiary/aromatic N) is 2. The molecule has 0 saturated heterocycles. The van der Waals surface area contributed by atoms with E-state index in [1.165, 1.54) is 12.6 Å². The molecule has 1 aromatic heterocycles. The Morgan fingerprint density at radius 2 is 1.91 bits per heavy atom. The summed E-state index contributed by atoms with van der Waals surface area (Å²) in [6.07, 6.45) is 2.70. The molecule has 5 nitrogen and oxygen atoms in total. The first-order chi connectivity index (χ1) is 10.9. The van der Waals surface area contributed by atoms with E-state index in [9.17, 15) is 8.42 Å². The Labute approximate surface area is 148 Å². The molecule has 0 aliphatic heterocycles. The summed E-state index contributed by atoms with van der Waals surface area (Å²) in [5.74, 6) is 0.651. The maximum Gasteiger partial charge on any atom is 0.175 e. The Balaban J connectivity index is 2.08. The first kappa shape index (κ1) is 16.1. The molecule has 0 aliphatic rings. The molecule has 118 valence electrons. The van der Waals surface area contributed by atoms with Gasteiger partial charge in [0.15, 0.2) is 9.84 Å². The molecule has 0 amide bonds. The quantitative estimate of drug-likeness (QED) is 0.631. The number of halogens is 1. The molecule has 7 heteroatoms. The van der Waals surface area contributed by atoms with Crippen molar-refractivity contribution in [1.29, 1.82) is 0 Å². The van der Waals surface area contributed by atoms with Crippen molar-refractivity contribution in [1.82, 2.24) is 9.97 Å². The molecule has 3 rings (SSSR count). The maximum absolute atomic E-state index is 11.7. The number of fused-ring (bicyclic) bond motifs is 1. The lowest BCUT2D eigenvalue weighted by atomic mass is 10.1. The predicted molar refractivity (Wildman–Crippen MR) is 99.8 cm³/mol. The highest BCUT2D eigenvalue weighted by molar-refractivity contribution is 14.1. The van der Waals surface area contributed by atoms with Crippen LogP contribution in [0.5, 0.6) is 0 Å². The van der Waals surface area contributed by atoms with Gasteiger partial charge in [-0.15, -0.1) is 0 Å². The summed E-state index contributed by atoms with van der Waals surface area (Å²) in [7, 11) is -3.25. The lowest BCUT2D eigenvalue weighted by Crippen LogP contribution is -2.00. The van der Waals surface area contributed by atoms with E-state index in [0.29, 0.717) is 11.5 Å². The molecular weight excluding hydrogens is 425 g/mol. The van der Waals surface area contributed by atoms with Crippen LogP contribution in [0.1, 0.15) is 5.56 Å². The Bertz CT molecular complexity index is 1000. The molecule has 0 bridgehead atoms. The summed E-state index contributed by atoms with van der Waals surface area (Å²) >= 11 is 2.27. The highest BCUT2D eigenvalue weighted by Gasteiger charge is 2.11. The number of benzene rings is 2. The van der Waals surface area contributed by atoms with E-state index in [4.69, 9.17) is 0 Å². The monoisotopic (exact) mass is 439 g/mol. The van der Waals surface area contributed by atoms with E-state index in [1.807, 2.05) is 25.1 Å². The molecule has 3 aromatic rings. The van der Waals surface area contributed by atoms with E-state index in [0.717, 1.165) is 20.0 Å². The van der Waals surface area contributed by atoms with Gasteiger partial charge in [-0.1, -0.05) is 12.1 Å². The Morgan fingerprint density at radius 1 is 1.13 bits per heavy atom. The normalized spacial score (nSPS) is 11.6. The largest absolute Gasteiger partial charge is 0.340 e. The summed E-state index contributed by atoms with van der Waals surface area (Å²) in [4.78, 5) is 8.91. The first-order valence-corrected chi connectivity index (χ1v) is 9.80. The molecule has 0 unspecified atom stereocenters. The van der Waals surface area contributed by atoms with E-state index in [1.54, 1.807) is 18.2 Å². The van der Waals surface area contributed by atoms with Gasteiger partial charge in [0, 0.05) is 20.9 Å². The van der Waals surface area contributed by atoms with Crippen molar-refractivity contribution in [2.45, 2.75) is 11.8 Å². The van der Waals surface area contributed by atoms with Crippen LogP contribution in [0, 0.1) is 10.5 Å². The highest BCUT2D eigenvalue weighted by Crippen LogP contribution is 2.28. The fraction of sp³-hybridized carbons (Fsp3) is 0.125. The van der Waals surface area contributed by atoms with Crippen molar-refractivity contribution >= 4 is 54.8 Å². The van der Waals surface area contributed by atoms with Crippen molar-refractivity contribution in [3.63, 3.8) is 0 Å². The third kappa shape index (κ3) is 3.30. The van der Waals surface area contributed by atoms with Crippen LogP contribution < -0.4 is 5.32 Å². The Kier molecular flexibility index (Phi) is 4.24. The second kappa shape index (κ2) is 6.04. The minimum Gasteiger partial charge on any atom is -0.340 e. The molecular formula is C16H14IN3O2S. The van der Waals surface area contributed by atoms with Gasteiger partial charge in [-0.25, -0.2) is 18.4 Å². The standard InChI is InChI=1S/C16H14IN3O2S/c1-10-6-7-13-15(14(10)17)18-9-19-16(13)20-11-4-3-5-12(8-11)23(2,21)22/h3-9H,1-2H3,(H,18,19,20). The number of anilines is 2. The smallest absolute Gasteiger partial charge is 0.175 e. The van der Waals surface area contributed by atoms with Gasteiger partial charge in [-0.3, -0.25) is 0 Å². The van der Waals surface area contributed by atoms with Crippen molar-refractivity contribution in [3.8, 4) is 0 Å². The van der Waals surface area contributed by atoms with Crippen LogP contribution >= 0.6 is 22.6 Å².